The van der Waals surface area contributed by atoms with Crippen LogP contribution < -0.4 is 5.14 Å². The summed E-state index contributed by atoms with van der Waals surface area (Å²) in [6.07, 6.45) is -1.01. The van der Waals surface area contributed by atoms with E-state index in [1.807, 2.05) is 6.92 Å². The molecule has 2 N–H and O–H groups in total. The van der Waals surface area contributed by atoms with Crippen LogP contribution in [-0.4, -0.2) is 22.8 Å². The van der Waals surface area contributed by atoms with Crippen molar-refractivity contribution >= 4 is 20.9 Å². The van der Waals surface area contributed by atoms with Crippen molar-refractivity contribution < 1.29 is 21.6 Å². The maximum Gasteiger partial charge on any atom is 0.416 e. The Labute approximate surface area is 170 Å². The smallest absolute Gasteiger partial charge is 0.313 e. The number of rotatable bonds is 3. The second-order valence-corrected chi connectivity index (χ2v) is 8.53. The van der Waals surface area contributed by atoms with Crippen LogP contribution in [-0.2, 0) is 23.2 Å². The molecule has 0 amide bonds. The third-order valence-electron chi connectivity index (χ3n) is 4.95. The summed E-state index contributed by atoms with van der Waals surface area (Å²) in [5, 5.41) is 10.1. The van der Waals surface area contributed by atoms with Crippen LogP contribution in [0, 0.1) is 6.92 Å². The number of benzene rings is 2. The van der Waals surface area contributed by atoms with E-state index in [0.29, 0.717) is 16.6 Å². The van der Waals surface area contributed by atoms with Crippen molar-refractivity contribution in [2.24, 2.45) is 12.2 Å². The Balaban J connectivity index is 2.02. The lowest BCUT2D eigenvalue weighted by atomic mass is 10.1. The number of hydrogen-bond donors (Lipinski definition) is 1. The van der Waals surface area contributed by atoms with Crippen LogP contribution >= 0.6 is 0 Å². The van der Waals surface area contributed by atoms with E-state index in [2.05, 4.69) is 5.10 Å². The highest BCUT2D eigenvalue weighted by atomic mass is 32.2. The summed E-state index contributed by atoms with van der Waals surface area (Å²) in [6, 6.07) is 9.25. The van der Waals surface area contributed by atoms with Crippen LogP contribution in [0.5, 0.6) is 0 Å². The molecule has 0 fully saturated rings. The van der Waals surface area contributed by atoms with Crippen molar-refractivity contribution in [1.82, 2.24) is 14.3 Å². The monoisotopic (exact) mass is 434 g/mol. The minimum atomic E-state index is -4.43. The molecule has 30 heavy (non-hydrogen) atoms. The Morgan fingerprint density at radius 1 is 1.07 bits per heavy atom. The Morgan fingerprint density at radius 3 is 2.27 bits per heavy atom. The maximum absolute atomic E-state index is 13.0. The van der Waals surface area contributed by atoms with Crippen LogP contribution in [0.3, 0.4) is 0 Å². The number of sulfonamides is 1. The molecule has 0 unspecified atom stereocenters. The fourth-order valence-electron chi connectivity index (χ4n) is 3.62. The van der Waals surface area contributed by atoms with Crippen LogP contribution in [0.1, 0.15) is 11.3 Å². The lowest BCUT2D eigenvalue weighted by Gasteiger charge is -2.11. The van der Waals surface area contributed by atoms with Crippen molar-refractivity contribution in [3.05, 3.63) is 66.1 Å². The van der Waals surface area contributed by atoms with Gasteiger partial charge in [-0.1, -0.05) is 0 Å². The van der Waals surface area contributed by atoms with E-state index >= 15 is 0 Å². The van der Waals surface area contributed by atoms with E-state index in [9.17, 15) is 21.6 Å². The Kier molecular flexibility index (Phi) is 4.51. The molecule has 10 heteroatoms. The van der Waals surface area contributed by atoms with Crippen LogP contribution in [0.2, 0.25) is 0 Å². The topological polar surface area (TPSA) is 82.9 Å². The number of alkyl halides is 3. The summed E-state index contributed by atoms with van der Waals surface area (Å²) >= 11 is 0. The molecular formula is C20H17F3N4O2S. The lowest BCUT2D eigenvalue weighted by Crippen LogP contribution is -2.11. The summed E-state index contributed by atoms with van der Waals surface area (Å²) in [6.45, 7) is 1.82. The maximum atomic E-state index is 13.0. The van der Waals surface area contributed by atoms with Crippen LogP contribution in [0.4, 0.5) is 13.2 Å². The normalized spacial score (nSPS) is 12.6. The lowest BCUT2D eigenvalue weighted by molar-refractivity contribution is -0.137. The van der Waals surface area contributed by atoms with Gasteiger partial charge in [-0.05, 0) is 49.4 Å². The first-order valence-corrected chi connectivity index (χ1v) is 10.4. The second-order valence-electron chi connectivity index (χ2n) is 6.97. The summed E-state index contributed by atoms with van der Waals surface area (Å²) in [7, 11) is -2.18. The zero-order valence-electron chi connectivity index (χ0n) is 16.0. The van der Waals surface area contributed by atoms with Gasteiger partial charge in [-0.2, -0.15) is 18.3 Å². The second kappa shape index (κ2) is 6.71. The number of primary sulfonamides is 1. The number of hydrogen-bond acceptors (Lipinski definition) is 3. The molecule has 0 aliphatic carbocycles. The molecule has 0 saturated heterocycles. The zero-order valence-corrected chi connectivity index (χ0v) is 16.8. The van der Waals surface area contributed by atoms with Crippen molar-refractivity contribution in [3.63, 3.8) is 0 Å². The minimum absolute atomic E-state index is 0.0512. The fraction of sp³-hybridized carbons (Fsp3) is 0.150. The highest BCUT2D eigenvalue weighted by Gasteiger charge is 2.30. The third-order valence-corrected chi connectivity index (χ3v) is 5.86. The van der Waals surface area contributed by atoms with E-state index in [0.717, 1.165) is 29.0 Å². The molecule has 4 rings (SSSR count). The molecule has 2 aromatic heterocycles. The van der Waals surface area contributed by atoms with Crippen LogP contribution in [0.15, 0.2) is 59.8 Å². The van der Waals surface area contributed by atoms with Crippen molar-refractivity contribution in [2.75, 3.05) is 0 Å². The molecule has 2 aromatic carbocycles. The minimum Gasteiger partial charge on any atom is -0.313 e. The van der Waals surface area contributed by atoms with Crippen molar-refractivity contribution in [2.45, 2.75) is 18.0 Å². The van der Waals surface area contributed by atoms with Gasteiger partial charge in [-0.3, -0.25) is 4.68 Å². The molecule has 0 bridgehead atoms. The molecule has 4 aromatic rings. The molecule has 0 aliphatic rings. The van der Waals surface area contributed by atoms with Gasteiger partial charge in [0.2, 0.25) is 10.0 Å². The van der Waals surface area contributed by atoms with Gasteiger partial charge in [0, 0.05) is 41.1 Å². The average molecular weight is 434 g/mol. The van der Waals surface area contributed by atoms with Crippen molar-refractivity contribution in [3.8, 4) is 16.8 Å². The van der Waals surface area contributed by atoms with Gasteiger partial charge in [0.05, 0.1) is 22.2 Å². The molecule has 0 saturated carbocycles. The Bertz CT molecular complexity index is 1370. The van der Waals surface area contributed by atoms with E-state index < -0.39 is 21.8 Å². The number of fused-ring (bicyclic) bond motifs is 1. The van der Waals surface area contributed by atoms with E-state index in [4.69, 9.17) is 5.14 Å². The molecule has 156 valence electrons. The van der Waals surface area contributed by atoms with Gasteiger partial charge in [-0.25, -0.2) is 13.6 Å². The molecule has 6 nitrogen and oxygen atoms in total. The Morgan fingerprint density at radius 2 is 1.73 bits per heavy atom. The standard InChI is InChI=1S/C20H17F3N4O2S/c1-12-19(13-10-25-26(2)11-13)17-9-16(30(24,28)29)7-8-18(17)27(12)15-5-3-14(4-6-15)20(21,22)23/h3-11H,1-2H3,(H2,24,28,29). The van der Waals surface area contributed by atoms with Gasteiger partial charge in [-0.15, -0.1) is 0 Å². The number of aryl methyl sites for hydroxylation is 1. The van der Waals surface area contributed by atoms with Gasteiger partial charge >= 0.3 is 6.18 Å². The highest BCUT2D eigenvalue weighted by molar-refractivity contribution is 7.89. The first kappa shape index (κ1) is 20.2. The van der Waals surface area contributed by atoms with Crippen molar-refractivity contribution in [1.29, 1.82) is 0 Å². The quantitative estimate of drug-likeness (QED) is 0.529. The third kappa shape index (κ3) is 3.37. The molecule has 0 aliphatic heterocycles. The van der Waals surface area contributed by atoms with E-state index in [1.165, 1.54) is 24.3 Å². The van der Waals surface area contributed by atoms with Gasteiger partial charge in [0.1, 0.15) is 0 Å². The number of nitrogens with zero attached hydrogens (tertiary/aromatic N) is 3. The van der Waals surface area contributed by atoms with Gasteiger partial charge in [0.25, 0.3) is 0 Å². The predicted octanol–water partition coefficient (Wildman–Crippen LogP) is 4.01. The molecule has 0 atom stereocenters. The summed E-state index contributed by atoms with van der Waals surface area (Å²) < 4.78 is 66.0. The largest absolute Gasteiger partial charge is 0.416 e. The molecule has 0 radical (unpaired) electrons. The number of nitrogens with two attached hydrogens (primary N) is 1. The van der Waals surface area contributed by atoms with E-state index in [-0.39, 0.29) is 4.90 Å². The predicted molar refractivity (Wildman–Crippen MR) is 107 cm³/mol. The molecule has 0 spiro atoms. The van der Waals surface area contributed by atoms with Gasteiger partial charge in [0.15, 0.2) is 0 Å². The highest BCUT2D eigenvalue weighted by Crippen LogP contribution is 2.38. The van der Waals surface area contributed by atoms with Gasteiger partial charge < -0.3 is 4.57 Å². The first-order valence-electron chi connectivity index (χ1n) is 8.81. The number of aromatic nitrogens is 3. The Hall–Kier alpha value is -3.11. The summed E-state index contributed by atoms with van der Waals surface area (Å²) in [5.41, 5.74) is 2.61. The number of halogens is 3. The fourth-order valence-corrected chi connectivity index (χ4v) is 4.16. The SMILES string of the molecule is Cc1c(-c2cnn(C)c2)c2cc(S(N)(=O)=O)ccc2n1-c1ccc(C(F)(F)F)cc1. The average Bonchev–Trinajstić information content (AvgIpc) is 3.19. The zero-order chi connectivity index (χ0) is 21.8. The summed E-state index contributed by atoms with van der Waals surface area (Å²) in [5.74, 6) is 0. The molecular weight excluding hydrogens is 417 g/mol. The first-order chi connectivity index (χ1) is 14.0. The molecule has 2 heterocycles. The summed E-state index contributed by atoms with van der Waals surface area (Å²) in [4.78, 5) is -0.0512. The van der Waals surface area contributed by atoms with E-state index in [1.54, 1.807) is 34.8 Å². The van der Waals surface area contributed by atoms with Crippen LogP contribution in [0.25, 0.3) is 27.7 Å².